The van der Waals surface area contributed by atoms with Crippen molar-refractivity contribution in [3.05, 3.63) is 42.2 Å². The number of morpholine rings is 1. The summed E-state index contributed by atoms with van der Waals surface area (Å²) < 4.78 is 5.73. The zero-order chi connectivity index (χ0) is 19.7. The van der Waals surface area contributed by atoms with Crippen LogP contribution < -0.4 is 0 Å². The summed E-state index contributed by atoms with van der Waals surface area (Å²) in [7, 11) is 0. The van der Waals surface area contributed by atoms with Crippen LogP contribution in [0.5, 0.6) is 0 Å². The summed E-state index contributed by atoms with van der Waals surface area (Å²) >= 11 is 3.17. The van der Waals surface area contributed by atoms with Crippen molar-refractivity contribution in [2.75, 3.05) is 18.8 Å². The normalized spacial score (nSPS) is 19.9. The number of hydrogen-bond donors (Lipinski definition) is 0. The van der Waals surface area contributed by atoms with Crippen molar-refractivity contribution in [1.82, 2.24) is 14.9 Å². The summed E-state index contributed by atoms with van der Waals surface area (Å²) in [5.74, 6) is 1.24. The maximum absolute atomic E-state index is 12.7. The number of nitrogens with zero attached hydrogens (tertiary/aromatic N) is 3. The number of hydrogen-bond acceptors (Lipinski definition) is 6. The van der Waals surface area contributed by atoms with Gasteiger partial charge in [0.1, 0.15) is 15.7 Å². The number of aryl methyl sites for hydroxylation is 1. The fourth-order valence-corrected chi connectivity index (χ4v) is 5.55. The van der Waals surface area contributed by atoms with E-state index >= 15 is 0 Å². The average molecular weight is 414 g/mol. The molecule has 146 valence electrons. The molecule has 1 aliphatic heterocycles. The first-order chi connectivity index (χ1) is 13.5. The number of ether oxygens (including phenoxy) is 1. The van der Waals surface area contributed by atoms with Crippen LogP contribution in [0.25, 0.3) is 20.7 Å². The van der Waals surface area contributed by atoms with Gasteiger partial charge in [-0.05, 0) is 32.4 Å². The van der Waals surface area contributed by atoms with Crippen molar-refractivity contribution in [2.24, 2.45) is 0 Å². The highest BCUT2D eigenvalue weighted by Gasteiger charge is 2.26. The molecular weight excluding hydrogens is 390 g/mol. The van der Waals surface area contributed by atoms with Crippen molar-refractivity contribution < 1.29 is 9.53 Å². The van der Waals surface area contributed by atoms with Crippen molar-refractivity contribution >= 4 is 39.2 Å². The van der Waals surface area contributed by atoms with E-state index in [4.69, 9.17) is 4.74 Å². The highest BCUT2D eigenvalue weighted by Crippen LogP contribution is 2.36. The van der Waals surface area contributed by atoms with Gasteiger partial charge >= 0.3 is 0 Å². The molecule has 5 nitrogen and oxygen atoms in total. The highest BCUT2D eigenvalue weighted by atomic mass is 32.2. The lowest BCUT2D eigenvalue weighted by molar-refractivity contribution is -0.140. The summed E-state index contributed by atoms with van der Waals surface area (Å²) in [6.07, 6.45) is 0.159. The molecule has 0 radical (unpaired) electrons. The summed E-state index contributed by atoms with van der Waals surface area (Å²) in [4.78, 5) is 26.0. The Balaban J connectivity index is 1.55. The number of fused-ring (bicyclic) bond motifs is 1. The Morgan fingerprint density at radius 2 is 1.93 bits per heavy atom. The SMILES string of the molecule is Cc1nc(SCC(=O)N2C[C@@H](C)O[C@H](C)C2)c2cc(-c3ccccc3)sc2n1. The molecule has 0 spiro atoms. The standard InChI is InChI=1S/C21H23N3O2S2/c1-13-10-24(11-14(2)26-13)19(25)12-27-20-17-9-18(16-7-5-4-6-8-16)28-21(17)23-15(3)22-20/h4-9,13-14H,10-12H2,1-3H3/t13-,14-/m1/s1. The van der Waals surface area contributed by atoms with Gasteiger partial charge in [-0.1, -0.05) is 42.1 Å². The minimum Gasteiger partial charge on any atom is -0.372 e. The van der Waals surface area contributed by atoms with Gasteiger partial charge in [-0.25, -0.2) is 9.97 Å². The smallest absolute Gasteiger partial charge is 0.233 e. The quantitative estimate of drug-likeness (QED) is 0.469. The van der Waals surface area contributed by atoms with Gasteiger partial charge in [0, 0.05) is 23.4 Å². The third-order valence-corrected chi connectivity index (χ3v) is 6.69. The maximum atomic E-state index is 12.7. The molecule has 2 aromatic heterocycles. The van der Waals surface area contributed by atoms with Gasteiger partial charge in [0.2, 0.25) is 5.91 Å². The van der Waals surface area contributed by atoms with Gasteiger partial charge < -0.3 is 9.64 Å². The van der Waals surface area contributed by atoms with Gasteiger partial charge in [0.05, 0.1) is 18.0 Å². The molecule has 0 N–H and O–H groups in total. The van der Waals surface area contributed by atoms with Crippen LogP contribution >= 0.6 is 23.1 Å². The summed E-state index contributed by atoms with van der Waals surface area (Å²) in [6, 6.07) is 12.4. The molecule has 1 fully saturated rings. The van der Waals surface area contributed by atoms with Crippen molar-refractivity contribution in [2.45, 2.75) is 38.0 Å². The fraction of sp³-hybridized carbons (Fsp3) is 0.381. The third-order valence-electron chi connectivity index (χ3n) is 4.63. The molecule has 1 amide bonds. The lowest BCUT2D eigenvalue weighted by atomic mass is 10.2. The van der Waals surface area contributed by atoms with Crippen LogP contribution in [0, 0.1) is 6.92 Å². The van der Waals surface area contributed by atoms with Crippen LogP contribution in [0.3, 0.4) is 0 Å². The number of carbonyl (C=O) groups is 1. The Morgan fingerprint density at radius 3 is 2.64 bits per heavy atom. The molecule has 0 saturated carbocycles. The second kappa shape index (κ2) is 8.19. The Morgan fingerprint density at radius 1 is 1.21 bits per heavy atom. The van der Waals surface area contributed by atoms with Gasteiger partial charge in [-0.15, -0.1) is 11.3 Å². The predicted molar refractivity (Wildman–Crippen MR) is 115 cm³/mol. The van der Waals surface area contributed by atoms with Gasteiger partial charge in [-0.3, -0.25) is 4.79 Å². The van der Waals surface area contributed by atoms with Crippen LogP contribution in [-0.2, 0) is 9.53 Å². The van der Waals surface area contributed by atoms with Crippen molar-refractivity contribution in [3.63, 3.8) is 0 Å². The first kappa shape index (κ1) is 19.4. The first-order valence-electron chi connectivity index (χ1n) is 9.39. The summed E-state index contributed by atoms with van der Waals surface area (Å²) in [5.41, 5.74) is 1.17. The van der Waals surface area contributed by atoms with Crippen LogP contribution in [-0.4, -0.2) is 51.8 Å². The van der Waals surface area contributed by atoms with Crippen LogP contribution in [0.4, 0.5) is 0 Å². The molecule has 1 aliphatic rings. The molecule has 0 aliphatic carbocycles. The molecule has 2 atom stereocenters. The minimum absolute atomic E-state index is 0.0796. The molecule has 3 aromatic rings. The Labute approximate surface area is 173 Å². The van der Waals surface area contributed by atoms with Gasteiger partial charge in [0.25, 0.3) is 0 Å². The monoisotopic (exact) mass is 413 g/mol. The second-order valence-electron chi connectivity index (χ2n) is 7.12. The summed E-state index contributed by atoms with van der Waals surface area (Å²) in [6.45, 7) is 7.23. The molecule has 0 unspecified atom stereocenters. The number of benzene rings is 1. The topological polar surface area (TPSA) is 55.3 Å². The molecule has 0 bridgehead atoms. The molecule has 3 heterocycles. The minimum atomic E-state index is 0.0796. The summed E-state index contributed by atoms with van der Waals surface area (Å²) in [5, 5.41) is 1.90. The molecule has 1 saturated heterocycles. The average Bonchev–Trinajstić information content (AvgIpc) is 3.09. The van der Waals surface area contributed by atoms with Crippen LogP contribution in [0.2, 0.25) is 0 Å². The van der Waals surface area contributed by atoms with Crippen LogP contribution in [0.15, 0.2) is 41.4 Å². The number of carbonyl (C=O) groups excluding carboxylic acids is 1. The van der Waals surface area contributed by atoms with Crippen molar-refractivity contribution in [1.29, 1.82) is 0 Å². The van der Waals surface area contributed by atoms with E-state index in [-0.39, 0.29) is 18.1 Å². The molecular formula is C21H23N3O2S2. The van der Waals surface area contributed by atoms with E-state index in [1.165, 1.54) is 22.2 Å². The lowest BCUT2D eigenvalue weighted by Crippen LogP contribution is -2.48. The van der Waals surface area contributed by atoms with Crippen LogP contribution in [0.1, 0.15) is 19.7 Å². The van der Waals surface area contributed by atoms with E-state index in [2.05, 4.69) is 28.2 Å². The Hall–Kier alpha value is -1.96. The first-order valence-corrected chi connectivity index (χ1v) is 11.2. The van der Waals surface area contributed by atoms with Gasteiger partial charge in [0.15, 0.2) is 0 Å². The van der Waals surface area contributed by atoms with E-state index in [9.17, 15) is 4.79 Å². The maximum Gasteiger partial charge on any atom is 0.233 e. The second-order valence-corrected chi connectivity index (χ2v) is 9.11. The van der Waals surface area contributed by atoms with E-state index in [0.717, 1.165) is 21.1 Å². The zero-order valence-corrected chi connectivity index (χ0v) is 17.8. The number of thioether (sulfide) groups is 1. The number of amides is 1. The molecule has 7 heteroatoms. The van der Waals surface area contributed by atoms with E-state index in [1.54, 1.807) is 11.3 Å². The number of aromatic nitrogens is 2. The van der Waals surface area contributed by atoms with Gasteiger partial charge in [-0.2, -0.15) is 0 Å². The largest absolute Gasteiger partial charge is 0.372 e. The Kier molecular flexibility index (Phi) is 5.66. The zero-order valence-electron chi connectivity index (χ0n) is 16.2. The van der Waals surface area contributed by atoms with Crippen molar-refractivity contribution in [3.8, 4) is 10.4 Å². The molecule has 28 heavy (non-hydrogen) atoms. The number of rotatable bonds is 4. The van der Waals surface area contributed by atoms with E-state index in [1.807, 2.05) is 43.9 Å². The highest BCUT2D eigenvalue weighted by molar-refractivity contribution is 8.00. The lowest BCUT2D eigenvalue weighted by Gasteiger charge is -2.35. The third kappa shape index (κ3) is 4.21. The molecule has 4 rings (SSSR count). The molecule has 1 aromatic carbocycles. The fourth-order valence-electron chi connectivity index (χ4n) is 3.45. The number of thiophene rings is 1. The predicted octanol–water partition coefficient (Wildman–Crippen LogP) is 4.39. The van der Waals surface area contributed by atoms with E-state index < -0.39 is 0 Å². The van der Waals surface area contributed by atoms with E-state index in [0.29, 0.717) is 18.8 Å². The Bertz CT molecular complexity index is 980.